The van der Waals surface area contributed by atoms with Crippen molar-refractivity contribution in [2.75, 3.05) is 36.1 Å². The van der Waals surface area contributed by atoms with Gasteiger partial charge in [-0.25, -0.2) is 0 Å². The lowest BCUT2D eigenvalue weighted by Crippen LogP contribution is -2.36. The van der Waals surface area contributed by atoms with Crippen LogP contribution < -0.4 is 16.0 Å². The molecule has 0 aromatic heterocycles. The van der Waals surface area contributed by atoms with Crippen LogP contribution in [-0.4, -0.2) is 42.8 Å². The molecule has 2 aromatic rings. The third kappa shape index (κ3) is 7.29. The van der Waals surface area contributed by atoms with Gasteiger partial charge >= 0.3 is 0 Å². The molecule has 0 heterocycles. The third-order valence-corrected chi connectivity index (χ3v) is 3.65. The van der Waals surface area contributed by atoms with Crippen LogP contribution in [0.5, 0.6) is 0 Å². The van der Waals surface area contributed by atoms with Gasteiger partial charge in [-0.1, -0.05) is 17.7 Å². The molecule has 0 aliphatic heterocycles. The van der Waals surface area contributed by atoms with Crippen LogP contribution >= 0.6 is 0 Å². The Morgan fingerprint density at radius 3 is 1.52 bits per heavy atom. The number of hydrogen-bond acceptors (Lipinski definition) is 4. The molecular weight excluding hydrogens is 344 g/mol. The summed E-state index contributed by atoms with van der Waals surface area (Å²) >= 11 is 0. The van der Waals surface area contributed by atoms with Gasteiger partial charge < -0.3 is 16.0 Å². The van der Waals surface area contributed by atoms with Gasteiger partial charge in [-0.05, 0) is 50.4 Å². The zero-order valence-electron chi connectivity index (χ0n) is 15.7. The minimum Gasteiger partial charge on any atom is -0.326 e. The Kier molecular flexibility index (Phi) is 7.08. The number of anilines is 3. The summed E-state index contributed by atoms with van der Waals surface area (Å²) in [6.45, 7) is 3.59. The molecule has 142 valence electrons. The highest BCUT2D eigenvalue weighted by Crippen LogP contribution is 2.13. The summed E-state index contributed by atoms with van der Waals surface area (Å²) in [6.07, 6.45) is 0. The first-order chi connectivity index (χ1) is 12.8. The van der Waals surface area contributed by atoms with Crippen LogP contribution in [0, 0.1) is 6.92 Å². The summed E-state index contributed by atoms with van der Waals surface area (Å²) in [5.74, 6) is -0.570. The number of carbonyl (C=O) groups is 3. The minimum atomic E-state index is -0.229. The number of nitrogens with zero attached hydrogens (tertiary/aromatic N) is 1. The standard InChI is InChI=1S/C20H24N4O3/c1-14-4-6-17(7-5-14)22-19(26)12-24(3)13-20(27)23-18-10-8-16(9-11-18)21-15(2)25/h4-11H,12-13H2,1-3H3,(H,21,25)(H,22,26)(H,23,27). The van der Waals surface area contributed by atoms with E-state index in [2.05, 4.69) is 16.0 Å². The van der Waals surface area contributed by atoms with Crippen LogP contribution in [0.2, 0.25) is 0 Å². The van der Waals surface area contributed by atoms with Crippen molar-refractivity contribution in [1.29, 1.82) is 0 Å². The molecule has 7 nitrogen and oxygen atoms in total. The van der Waals surface area contributed by atoms with E-state index in [1.165, 1.54) is 6.92 Å². The SMILES string of the molecule is CC(=O)Nc1ccc(NC(=O)CN(C)CC(=O)Nc2ccc(C)cc2)cc1. The Morgan fingerprint density at radius 2 is 1.11 bits per heavy atom. The van der Waals surface area contributed by atoms with Gasteiger partial charge in [0.1, 0.15) is 0 Å². The molecule has 0 unspecified atom stereocenters. The van der Waals surface area contributed by atoms with Gasteiger partial charge in [-0.15, -0.1) is 0 Å². The second-order valence-corrected chi connectivity index (χ2v) is 6.39. The average molecular weight is 368 g/mol. The lowest BCUT2D eigenvalue weighted by molar-refractivity contribution is -0.119. The van der Waals surface area contributed by atoms with E-state index in [-0.39, 0.29) is 30.8 Å². The molecule has 0 saturated carbocycles. The van der Waals surface area contributed by atoms with E-state index in [0.717, 1.165) is 11.3 Å². The van der Waals surface area contributed by atoms with Crippen LogP contribution in [0.25, 0.3) is 0 Å². The first-order valence-electron chi connectivity index (χ1n) is 8.54. The Bertz CT molecular complexity index is 801. The summed E-state index contributed by atoms with van der Waals surface area (Å²) in [4.78, 5) is 36.8. The molecule has 0 bridgehead atoms. The minimum absolute atomic E-state index is 0.0781. The van der Waals surface area contributed by atoms with Crippen molar-refractivity contribution in [2.45, 2.75) is 13.8 Å². The number of benzene rings is 2. The predicted octanol–water partition coefficient (Wildman–Crippen LogP) is 2.46. The normalized spacial score (nSPS) is 10.4. The monoisotopic (exact) mass is 368 g/mol. The second-order valence-electron chi connectivity index (χ2n) is 6.39. The van der Waals surface area contributed by atoms with Gasteiger partial charge in [-0.3, -0.25) is 19.3 Å². The van der Waals surface area contributed by atoms with Gasteiger partial charge in [-0.2, -0.15) is 0 Å². The Labute approximate surface area is 158 Å². The number of nitrogens with one attached hydrogen (secondary N) is 3. The molecule has 7 heteroatoms. The van der Waals surface area contributed by atoms with Crippen LogP contribution in [0.3, 0.4) is 0 Å². The van der Waals surface area contributed by atoms with Crippen molar-refractivity contribution in [2.24, 2.45) is 0 Å². The summed E-state index contributed by atoms with van der Waals surface area (Å²) in [7, 11) is 1.70. The van der Waals surface area contributed by atoms with Crippen LogP contribution in [0.1, 0.15) is 12.5 Å². The molecule has 3 amide bonds. The van der Waals surface area contributed by atoms with E-state index in [9.17, 15) is 14.4 Å². The summed E-state index contributed by atoms with van der Waals surface area (Å²) in [5.41, 5.74) is 3.12. The first-order valence-corrected chi connectivity index (χ1v) is 8.54. The molecule has 3 N–H and O–H groups in total. The number of aryl methyl sites for hydroxylation is 1. The van der Waals surface area contributed by atoms with Crippen molar-refractivity contribution >= 4 is 34.8 Å². The second kappa shape index (κ2) is 9.49. The molecule has 0 aliphatic carbocycles. The quantitative estimate of drug-likeness (QED) is 0.700. The summed E-state index contributed by atoms with van der Waals surface area (Å²) < 4.78 is 0. The van der Waals surface area contributed by atoms with Gasteiger partial charge in [0.2, 0.25) is 17.7 Å². The lowest BCUT2D eigenvalue weighted by Gasteiger charge is -2.16. The largest absolute Gasteiger partial charge is 0.326 e. The molecule has 0 atom stereocenters. The summed E-state index contributed by atoms with van der Waals surface area (Å²) in [5, 5.41) is 8.21. The number of rotatable bonds is 7. The van der Waals surface area contributed by atoms with Crippen molar-refractivity contribution in [1.82, 2.24) is 4.90 Å². The zero-order valence-corrected chi connectivity index (χ0v) is 15.7. The van der Waals surface area contributed by atoms with E-state index in [0.29, 0.717) is 11.4 Å². The fourth-order valence-electron chi connectivity index (χ4n) is 2.42. The highest BCUT2D eigenvalue weighted by molar-refractivity contribution is 5.95. The predicted molar refractivity (Wildman–Crippen MR) is 107 cm³/mol. The van der Waals surface area contributed by atoms with Gasteiger partial charge in [0.05, 0.1) is 13.1 Å². The fourth-order valence-corrected chi connectivity index (χ4v) is 2.42. The van der Waals surface area contributed by atoms with E-state index in [1.54, 1.807) is 36.2 Å². The Morgan fingerprint density at radius 1 is 0.741 bits per heavy atom. The van der Waals surface area contributed by atoms with E-state index < -0.39 is 0 Å². The highest BCUT2D eigenvalue weighted by atomic mass is 16.2. The summed E-state index contributed by atoms with van der Waals surface area (Å²) in [6, 6.07) is 14.3. The number of likely N-dealkylation sites (N-methyl/N-ethyl adjacent to an activating group) is 1. The molecule has 2 aromatic carbocycles. The van der Waals surface area contributed by atoms with E-state index >= 15 is 0 Å². The third-order valence-electron chi connectivity index (χ3n) is 3.65. The van der Waals surface area contributed by atoms with Gasteiger partial charge in [0, 0.05) is 24.0 Å². The molecule has 0 fully saturated rings. The fraction of sp³-hybridized carbons (Fsp3) is 0.250. The molecule has 0 radical (unpaired) electrons. The maximum absolute atomic E-state index is 12.1. The number of carbonyl (C=O) groups excluding carboxylic acids is 3. The van der Waals surface area contributed by atoms with Gasteiger partial charge in [0.15, 0.2) is 0 Å². The van der Waals surface area contributed by atoms with Crippen LogP contribution in [0.4, 0.5) is 17.1 Å². The highest BCUT2D eigenvalue weighted by Gasteiger charge is 2.11. The van der Waals surface area contributed by atoms with Crippen LogP contribution in [-0.2, 0) is 14.4 Å². The molecule has 0 saturated heterocycles. The number of amides is 3. The smallest absolute Gasteiger partial charge is 0.238 e. The first kappa shape index (κ1) is 20.1. The Hall–Kier alpha value is -3.19. The average Bonchev–Trinajstić information content (AvgIpc) is 2.58. The molecular formula is C20H24N4O3. The molecule has 0 spiro atoms. The van der Waals surface area contributed by atoms with E-state index in [4.69, 9.17) is 0 Å². The van der Waals surface area contributed by atoms with Crippen LogP contribution in [0.15, 0.2) is 48.5 Å². The van der Waals surface area contributed by atoms with E-state index in [1.807, 2.05) is 31.2 Å². The van der Waals surface area contributed by atoms with Crippen molar-refractivity contribution in [3.05, 3.63) is 54.1 Å². The van der Waals surface area contributed by atoms with Crippen molar-refractivity contribution < 1.29 is 14.4 Å². The molecule has 0 aliphatic rings. The lowest BCUT2D eigenvalue weighted by atomic mass is 10.2. The topological polar surface area (TPSA) is 90.5 Å². The van der Waals surface area contributed by atoms with Gasteiger partial charge in [0.25, 0.3) is 0 Å². The number of hydrogen-bond donors (Lipinski definition) is 3. The molecule has 27 heavy (non-hydrogen) atoms. The maximum Gasteiger partial charge on any atom is 0.238 e. The van der Waals surface area contributed by atoms with Crippen molar-refractivity contribution in [3.8, 4) is 0 Å². The zero-order chi connectivity index (χ0) is 19.8. The Balaban J connectivity index is 1.78. The maximum atomic E-state index is 12.1. The van der Waals surface area contributed by atoms with Crippen molar-refractivity contribution in [3.63, 3.8) is 0 Å². The molecule has 2 rings (SSSR count).